The summed E-state index contributed by atoms with van der Waals surface area (Å²) in [6.45, 7) is 3.31. The number of carboxylic acids is 1. The second kappa shape index (κ2) is 8.39. The van der Waals surface area contributed by atoms with Gasteiger partial charge in [-0.15, -0.1) is 0 Å². The number of carbonyl (C=O) groups is 3. The smallest absolute Gasteiger partial charge is 0.317 e. The summed E-state index contributed by atoms with van der Waals surface area (Å²) in [5, 5.41) is 11.6. The molecule has 1 rings (SSSR count). The highest BCUT2D eigenvalue weighted by molar-refractivity contribution is 5.76. The second-order valence-electron chi connectivity index (χ2n) is 4.76. The third-order valence-corrected chi connectivity index (χ3v) is 3.20. The quantitative estimate of drug-likeness (QED) is 0.557. The summed E-state index contributed by atoms with van der Waals surface area (Å²) in [5.41, 5.74) is 0. The van der Waals surface area contributed by atoms with Crippen LogP contribution in [0.4, 0.5) is 4.79 Å². The van der Waals surface area contributed by atoms with Crippen molar-refractivity contribution < 1.29 is 24.2 Å². The lowest BCUT2D eigenvalue weighted by molar-refractivity contribution is -0.144. The maximum atomic E-state index is 11.8. The number of ether oxygens (including phenoxy) is 1. The monoisotopic (exact) mass is 286 g/mol. The summed E-state index contributed by atoms with van der Waals surface area (Å²) in [5.74, 6) is -1.61. The van der Waals surface area contributed by atoms with Crippen LogP contribution in [0.15, 0.2) is 0 Å². The Labute approximate surface area is 118 Å². The Morgan fingerprint density at radius 2 is 2.15 bits per heavy atom. The van der Waals surface area contributed by atoms with Gasteiger partial charge in [-0.1, -0.05) is 0 Å². The van der Waals surface area contributed by atoms with E-state index in [1.807, 2.05) is 0 Å². The van der Waals surface area contributed by atoms with Gasteiger partial charge in [-0.05, 0) is 26.2 Å². The summed E-state index contributed by atoms with van der Waals surface area (Å²) < 4.78 is 4.78. The number of hydrogen-bond donors (Lipinski definition) is 2. The van der Waals surface area contributed by atoms with Gasteiger partial charge in [0.05, 0.1) is 12.5 Å². The molecule has 1 saturated heterocycles. The first kappa shape index (κ1) is 16.3. The molecule has 1 atom stereocenters. The van der Waals surface area contributed by atoms with Crippen LogP contribution in [-0.4, -0.2) is 54.2 Å². The number of nitrogens with zero attached hydrogens (tertiary/aromatic N) is 1. The average Bonchev–Trinajstić information content (AvgIpc) is 2.43. The zero-order valence-electron chi connectivity index (χ0n) is 11.8. The van der Waals surface area contributed by atoms with Gasteiger partial charge in [-0.2, -0.15) is 0 Å². The minimum absolute atomic E-state index is 0.249. The van der Waals surface area contributed by atoms with E-state index < -0.39 is 11.9 Å². The fourth-order valence-corrected chi connectivity index (χ4v) is 2.14. The first-order valence-electron chi connectivity index (χ1n) is 6.95. The molecule has 0 spiro atoms. The molecule has 114 valence electrons. The van der Waals surface area contributed by atoms with E-state index in [2.05, 4.69) is 5.32 Å². The number of aliphatic carboxylic acids is 1. The van der Waals surface area contributed by atoms with Crippen LogP contribution >= 0.6 is 0 Å². The van der Waals surface area contributed by atoms with Crippen molar-refractivity contribution in [1.82, 2.24) is 10.2 Å². The van der Waals surface area contributed by atoms with Gasteiger partial charge in [0.15, 0.2) is 0 Å². The Hall–Kier alpha value is -1.79. The summed E-state index contributed by atoms with van der Waals surface area (Å²) in [7, 11) is 0. The van der Waals surface area contributed by atoms with Crippen LogP contribution in [0.5, 0.6) is 0 Å². The van der Waals surface area contributed by atoms with Gasteiger partial charge in [0.25, 0.3) is 0 Å². The summed E-state index contributed by atoms with van der Waals surface area (Å²) in [4.78, 5) is 35.4. The predicted octanol–water partition coefficient (Wildman–Crippen LogP) is 0.836. The van der Waals surface area contributed by atoms with Gasteiger partial charge in [0, 0.05) is 26.1 Å². The lowest BCUT2D eigenvalue weighted by Crippen LogP contribution is -2.47. The maximum absolute atomic E-state index is 11.8. The van der Waals surface area contributed by atoms with E-state index in [-0.39, 0.29) is 25.0 Å². The van der Waals surface area contributed by atoms with Crippen molar-refractivity contribution in [1.29, 1.82) is 0 Å². The van der Waals surface area contributed by atoms with Crippen LogP contribution in [0.25, 0.3) is 0 Å². The molecule has 0 radical (unpaired) electrons. The van der Waals surface area contributed by atoms with Crippen molar-refractivity contribution in [3.05, 3.63) is 0 Å². The van der Waals surface area contributed by atoms with E-state index in [1.54, 1.807) is 6.92 Å². The molecule has 2 amide bonds. The van der Waals surface area contributed by atoms with Crippen molar-refractivity contribution in [3.8, 4) is 0 Å². The van der Waals surface area contributed by atoms with Crippen LogP contribution in [0.2, 0.25) is 0 Å². The number of carbonyl (C=O) groups excluding carboxylic acids is 2. The molecule has 2 N–H and O–H groups in total. The molecule has 1 fully saturated rings. The van der Waals surface area contributed by atoms with Crippen molar-refractivity contribution in [2.45, 2.75) is 32.6 Å². The lowest BCUT2D eigenvalue weighted by atomic mass is 9.99. The van der Waals surface area contributed by atoms with Crippen molar-refractivity contribution in [2.75, 3.05) is 26.2 Å². The fraction of sp³-hybridized carbons (Fsp3) is 0.769. The number of nitrogens with one attached hydrogen (secondary N) is 1. The van der Waals surface area contributed by atoms with E-state index in [1.165, 1.54) is 4.90 Å². The number of piperidine rings is 1. The predicted molar refractivity (Wildman–Crippen MR) is 71.2 cm³/mol. The van der Waals surface area contributed by atoms with Crippen LogP contribution in [0.1, 0.15) is 32.6 Å². The van der Waals surface area contributed by atoms with Crippen LogP contribution in [-0.2, 0) is 14.3 Å². The maximum Gasteiger partial charge on any atom is 0.317 e. The summed E-state index contributed by atoms with van der Waals surface area (Å²) >= 11 is 0. The van der Waals surface area contributed by atoms with E-state index in [9.17, 15) is 14.4 Å². The zero-order chi connectivity index (χ0) is 15.0. The Morgan fingerprint density at radius 3 is 2.80 bits per heavy atom. The first-order chi connectivity index (χ1) is 9.54. The van der Waals surface area contributed by atoms with Crippen LogP contribution in [0, 0.1) is 5.92 Å². The van der Waals surface area contributed by atoms with Gasteiger partial charge in [-0.3, -0.25) is 9.59 Å². The van der Waals surface area contributed by atoms with Gasteiger partial charge >= 0.3 is 18.0 Å². The first-order valence-corrected chi connectivity index (χ1v) is 6.95. The highest BCUT2D eigenvalue weighted by Crippen LogP contribution is 2.16. The molecule has 1 aliphatic rings. The molecule has 1 aliphatic heterocycles. The normalized spacial score (nSPS) is 18.4. The molecule has 0 bridgehead atoms. The third kappa shape index (κ3) is 5.46. The number of hydrogen-bond acceptors (Lipinski definition) is 4. The third-order valence-electron chi connectivity index (χ3n) is 3.20. The minimum atomic E-state index is -0.857. The Morgan fingerprint density at radius 1 is 1.40 bits per heavy atom. The molecule has 1 heterocycles. The number of esters is 1. The molecule has 7 heteroatoms. The van der Waals surface area contributed by atoms with E-state index in [4.69, 9.17) is 9.84 Å². The van der Waals surface area contributed by atoms with Crippen molar-refractivity contribution in [3.63, 3.8) is 0 Å². The van der Waals surface area contributed by atoms with E-state index in [0.717, 1.165) is 0 Å². The minimum Gasteiger partial charge on any atom is -0.481 e. The highest BCUT2D eigenvalue weighted by atomic mass is 16.5. The summed E-state index contributed by atoms with van der Waals surface area (Å²) in [6.07, 6.45) is 2.10. The van der Waals surface area contributed by atoms with Crippen LogP contribution in [0.3, 0.4) is 0 Å². The highest BCUT2D eigenvalue weighted by Gasteiger charge is 2.27. The Bertz CT molecular complexity index is 359. The van der Waals surface area contributed by atoms with Crippen molar-refractivity contribution >= 4 is 18.0 Å². The fourth-order valence-electron chi connectivity index (χ4n) is 2.14. The molecular weight excluding hydrogens is 264 g/mol. The standard InChI is InChI=1S/C13H22N2O5/c1-2-20-11(16)6-3-7-14-13(19)15-8-4-5-10(9-15)12(17)18/h10H,2-9H2,1H3,(H,14,19)(H,17,18). The van der Waals surface area contributed by atoms with E-state index in [0.29, 0.717) is 39.0 Å². The summed E-state index contributed by atoms with van der Waals surface area (Å²) in [6, 6.07) is -0.264. The molecule has 0 aromatic rings. The number of carboxylic acid groups (broad SMARTS) is 1. The van der Waals surface area contributed by atoms with Gasteiger partial charge in [-0.25, -0.2) is 4.79 Å². The lowest BCUT2D eigenvalue weighted by Gasteiger charge is -2.30. The zero-order valence-corrected chi connectivity index (χ0v) is 11.8. The molecule has 0 aliphatic carbocycles. The van der Waals surface area contributed by atoms with Crippen LogP contribution < -0.4 is 5.32 Å². The molecule has 0 saturated carbocycles. The molecule has 7 nitrogen and oxygen atoms in total. The number of urea groups is 1. The van der Waals surface area contributed by atoms with Gasteiger partial charge < -0.3 is 20.1 Å². The number of rotatable bonds is 6. The van der Waals surface area contributed by atoms with Gasteiger partial charge in [0.1, 0.15) is 0 Å². The average molecular weight is 286 g/mol. The largest absolute Gasteiger partial charge is 0.481 e. The Kier molecular flexibility index (Phi) is 6.83. The van der Waals surface area contributed by atoms with Gasteiger partial charge in [0.2, 0.25) is 0 Å². The molecule has 1 unspecified atom stereocenters. The van der Waals surface area contributed by atoms with E-state index >= 15 is 0 Å². The SMILES string of the molecule is CCOC(=O)CCCNC(=O)N1CCCC(C(=O)O)C1. The second-order valence-corrected chi connectivity index (χ2v) is 4.76. The Balaban J connectivity index is 2.22. The number of likely N-dealkylation sites (tertiary alicyclic amines) is 1. The molecule has 0 aromatic carbocycles. The van der Waals surface area contributed by atoms with Crippen molar-refractivity contribution in [2.24, 2.45) is 5.92 Å². The topological polar surface area (TPSA) is 95.9 Å². The number of amides is 2. The molecule has 0 aromatic heterocycles. The molecule has 20 heavy (non-hydrogen) atoms. The molecular formula is C13H22N2O5.